The summed E-state index contributed by atoms with van der Waals surface area (Å²) in [6, 6.07) is 4.28. The minimum absolute atomic E-state index is 0.0461. The summed E-state index contributed by atoms with van der Waals surface area (Å²) in [6.07, 6.45) is 8.30. The third kappa shape index (κ3) is 4.37. The second-order valence-electron chi connectivity index (χ2n) is 9.57. The van der Waals surface area contributed by atoms with E-state index in [1.165, 1.54) is 7.11 Å². The first-order valence-electron chi connectivity index (χ1n) is 12.2. The van der Waals surface area contributed by atoms with Gasteiger partial charge in [-0.05, 0) is 57.6 Å². The first kappa shape index (κ1) is 23.7. The average Bonchev–Trinajstić information content (AvgIpc) is 3.45. The van der Waals surface area contributed by atoms with Crippen molar-refractivity contribution in [2.75, 3.05) is 12.0 Å². The number of ether oxygens (including phenoxy) is 1. The summed E-state index contributed by atoms with van der Waals surface area (Å²) >= 11 is 6.05. The van der Waals surface area contributed by atoms with Gasteiger partial charge in [0.25, 0.3) is 0 Å². The molecule has 1 aromatic carbocycles. The number of rotatable bonds is 5. The van der Waals surface area contributed by atoms with Gasteiger partial charge in [-0.3, -0.25) is 14.4 Å². The highest BCUT2D eigenvalue weighted by molar-refractivity contribution is 6.30. The average molecular weight is 500 g/mol. The van der Waals surface area contributed by atoms with Crippen LogP contribution in [0.25, 0.3) is 11.0 Å². The normalized spacial score (nSPS) is 22.3. The summed E-state index contributed by atoms with van der Waals surface area (Å²) in [5, 5.41) is 14.3. The maximum absolute atomic E-state index is 12.6. The third-order valence-electron chi connectivity index (χ3n) is 7.48. The Morgan fingerprint density at radius 3 is 2.63 bits per heavy atom. The molecule has 1 N–H and O–H groups in total. The number of imidazole rings is 1. The highest BCUT2D eigenvalue weighted by atomic mass is 35.5. The largest absolute Gasteiger partial charge is 0.481 e. The van der Waals surface area contributed by atoms with Gasteiger partial charge in [-0.15, -0.1) is 0 Å². The van der Waals surface area contributed by atoms with Crippen molar-refractivity contribution in [1.29, 1.82) is 0 Å². The number of halogens is 1. The fourth-order valence-corrected chi connectivity index (χ4v) is 5.82. The van der Waals surface area contributed by atoms with Crippen LogP contribution in [0.5, 0.6) is 0 Å². The minimum Gasteiger partial charge on any atom is -0.481 e. The van der Waals surface area contributed by atoms with Gasteiger partial charge in [0.1, 0.15) is 5.82 Å². The van der Waals surface area contributed by atoms with Gasteiger partial charge >= 0.3 is 12.1 Å². The fourth-order valence-electron chi connectivity index (χ4n) is 5.66. The molecule has 0 radical (unpaired) electrons. The van der Waals surface area contributed by atoms with E-state index >= 15 is 0 Å². The molecule has 1 amide bonds. The van der Waals surface area contributed by atoms with Crippen LogP contribution < -0.4 is 4.90 Å². The van der Waals surface area contributed by atoms with Crippen LogP contribution in [0.4, 0.5) is 10.5 Å². The Morgan fingerprint density at radius 1 is 1.20 bits per heavy atom. The van der Waals surface area contributed by atoms with E-state index < -0.39 is 5.97 Å². The maximum atomic E-state index is 12.6. The number of carbonyl (C=O) groups excluding carboxylic acids is 1. The Hall–Kier alpha value is -3.07. The first-order valence-corrected chi connectivity index (χ1v) is 12.6. The molecule has 1 aliphatic carbocycles. The molecule has 9 nitrogen and oxygen atoms in total. The van der Waals surface area contributed by atoms with E-state index in [0.29, 0.717) is 30.8 Å². The van der Waals surface area contributed by atoms with Crippen molar-refractivity contribution in [3.8, 4) is 0 Å². The summed E-state index contributed by atoms with van der Waals surface area (Å²) < 4.78 is 9.18. The van der Waals surface area contributed by atoms with E-state index in [2.05, 4.69) is 9.67 Å². The lowest BCUT2D eigenvalue weighted by molar-refractivity contribution is -0.143. The lowest BCUT2D eigenvalue weighted by Crippen LogP contribution is -2.42. The number of amides is 1. The lowest BCUT2D eigenvalue weighted by atomic mass is 9.86. The summed E-state index contributed by atoms with van der Waals surface area (Å²) in [5.41, 5.74) is 3.87. The van der Waals surface area contributed by atoms with E-state index in [1.54, 1.807) is 17.3 Å². The zero-order valence-corrected chi connectivity index (χ0v) is 20.7. The van der Waals surface area contributed by atoms with Gasteiger partial charge in [0.2, 0.25) is 0 Å². The number of carboxylic acids is 1. The number of carbonyl (C=O) groups is 2. The molecule has 0 spiro atoms. The molecule has 10 heteroatoms. The zero-order chi connectivity index (χ0) is 24.7. The van der Waals surface area contributed by atoms with Gasteiger partial charge in [0, 0.05) is 36.8 Å². The van der Waals surface area contributed by atoms with Crippen LogP contribution in [0.3, 0.4) is 0 Å². The standard InChI is InChI=1S/C25H30ClN5O4/c1-15-3-8-19-20(30(15)25(34)35-2)9-10-21-23(19)28-22(11-12-29-14-17(26)13-27-29)31(21)18-6-4-16(5-7-18)24(32)33/h9-10,13-16,18H,3-8,11-12H2,1-2H3,(H,32,33)/t15-,16?,18?/m0/s1. The number of aryl methyl sites for hydroxylation is 3. The van der Waals surface area contributed by atoms with Crippen LogP contribution in [0.1, 0.15) is 56.5 Å². The molecule has 3 aromatic rings. The van der Waals surface area contributed by atoms with Crippen molar-refractivity contribution in [3.63, 3.8) is 0 Å². The van der Waals surface area contributed by atoms with Crippen molar-refractivity contribution >= 4 is 40.4 Å². The Kier molecular flexibility index (Phi) is 6.44. The molecule has 1 atom stereocenters. The maximum Gasteiger partial charge on any atom is 0.414 e. The topological polar surface area (TPSA) is 102 Å². The molecule has 186 valence electrons. The van der Waals surface area contributed by atoms with E-state index in [4.69, 9.17) is 21.3 Å². The van der Waals surface area contributed by atoms with Crippen LogP contribution in [-0.2, 0) is 28.9 Å². The molecule has 5 rings (SSSR count). The van der Waals surface area contributed by atoms with Crippen LogP contribution in [-0.4, -0.2) is 49.7 Å². The molecule has 3 heterocycles. The minimum atomic E-state index is -0.708. The smallest absolute Gasteiger partial charge is 0.414 e. The number of hydrogen-bond donors (Lipinski definition) is 1. The van der Waals surface area contributed by atoms with E-state index in [9.17, 15) is 14.7 Å². The lowest BCUT2D eigenvalue weighted by Gasteiger charge is -2.34. The number of benzene rings is 1. The van der Waals surface area contributed by atoms with Crippen molar-refractivity contribution < 1.29 is 19.4 Å². The van der Waals surface area contributed by atoms with Gasteiger partial charge in [0.15, 0.2) is 0 Å². The molecule has 0 saturated heterocycles. The number of nitrogens with zero attached hydrogens (tertiary/aromatic N) is 5. The number of aliphatic carboxylic acids is 1. The molecule has 1 aliphatic heterocycles. The molecule has 2 aliphatic rings. The monoisotopic (exact) mass is 499 g/mol. The molecular formula is C25H30ClN5O4. The molecule has 0 unspecified atom stereocenters. The van der Waals surface area contributed by atoms with E-state index in [-0.39, 0.29) is 24.1 Å². The quantitative estimate of drug-likeness (QED) is 0.538. The second-order valence-corrected chi connectivity index (χ2v) is 10.0. The number of anilines is 1. The Morgan fingerprint density at radius 2 is 1.97 bits per heavy atom. The van der Waals surface area contributed by atoms with E-state index in [0.717, 1.165) is 53.8 Å². The summed E-state index contributed by atoms with van der Waals surface area (Å²) in [5.74, 6) is -0.0404. The van der Waals surface area contributed by atoms with E-state index in [1.807, 2.05) is 23.7 Å². The highest BCUT2D eigenvalue weighted by Gasteiger charge is 2.33. The van der Waals surface area contributed by atoms with Gasteiger partial charge in [-0.2, -0.15) is 5.10 Å². The van der Waals surface area contributed by atoms with Crippen molar-refractivity contribution in [1.82, 2.24) is 19.3 Å². The molecule has 2 aromatic heterocycles. The SMILES string of the molecule is COC(=O)N1c2ccc3c(nc(CCn4cc(Cl)cn4)n3C3CCC(C(=O)O)CC3)c2CC[C@@H]1C. The summed E-state index contributed by atoms with van der Waals surface area (Å²) in [4.78, 5) is 30.9. The van der Waals surface area contributed by atoms with Gasteiger partial charge in [-0.25, -0.2) is 9.78 Å². The number of fused-ring (bicyclic) bond motifs is 3. The van der Waals surface area contributed by atoms with Gasteiger partial charge in [0.05, 0.1) is 41.0 Å². The Labute approximate surface area is 208 Å². The predicted molar refractivity (Wildman–Crippen MR) is 132 cm³/mol. The third-order valence-corrected chi connectivity index (χ3v) is 7.67. The Bertz CT molecular complexity index is 1260. The summed E-state index contributed by atoms with van der Waals surface area (Å²) in [7, 11) is 1.41. The van der Waals surface area contributed by atoms with Crippen molar-refractivity contribution in [2.45, 2.75) is 70.5 Å². The molecule has 35 heavy (non-hydrogen) atoms. The fraction of sp³-hybridized carbons (Fsp3) is 0.520. The first-order chi connectivity index (χ1) is 16.9. The number of hydrogen-bond acceptors (Lipinski definition) is 5. The number of methoxy groups -OCH3 is 1. The summed E-state index contributed by atoms with van der Waals surface area (Å²) in [6.45, 7) is 2.66. The van der Waals surface area contributed by atoms with Crippen LogP contribution in [0, 0.1) is 5.92 Å². The Balaban J connectivity index is 1.56. The number of aromatic nitrogens is 4. The van der Waals surface area contributed by atoms with Crippen LogP contribution in [0.15, 0.2) is 24.5 Å². The molecule has 1 fully saturated rings. The van der Waals surface area contributed by atoms with Gasteiger partial charge < -0.3 is 14.4 Å². The molecular weight excluding hydrogens is 470 g/mol. The van der Waals surface area contributed by atoms with Crippen molar-refractivity contribution in [2.24, 2.45) is 5.92 Å². The van der Waals surface area contributed by atoms with Crippen LogP contribution >= 0.6 is 11.6 Å². The molecule has 1 saturated carbocycles. The zero-order valence-electron chi connectivity index (χ0n) is 20.0. The molecule has 0 bridgehead atoms. The highest BCUT2D eigenvalue weighted by Crippen LogP contribution is 2.40. The second kappa shape index (κ2) is 9.53. The predicted octanol–water partition coefficient (Wildman–Crippen LogP) is 4.85. The van der Waals surface area contributed by atoms with Crippen molar-refractivity contribution in [3.05, 3.63) is 40.9 Å². The van der Waals surface area contributed by atoms with Gasteiger partial charge in [-0.1, -0.05) is 11.6 Å². The number of carboxylic acid groups (broad SMARTS) is 1. The van der Waals surface area contributed by atoms with Crippen LogP contribution in [0.2, 0.25) is 5.02 Å².